The molecule has 0 saturated carbocycles. The number of aromatic nitrogens is 1. The van der Waals surface area contributed by atoms with E-state index in [4.69, 9.17) is 4.52 Å². The minimum Gasteiger partial charge on any atom is -0.360 e. The first-order chi connectivity index (χ1) is 10.5. The van der Waals surface area contributed by atoms with Crippen LogP contribution in [0.15, 0.2) is 10.6 Å². The van der Waals surface area contributed by atoms with Crippen LogP contribution in [-0.2, 0) is 9.59 Å². The van der Waals surface area contributed by atoms with Gasteiger partial charge in [0.15, 0.2) is 5.82 Å². The number of carbonyl (C=O) groups is 2. The van der Waals surface area contributed by atoms with Gasteiger partial charge in [-0.1, -0.05) is 5.16 Å². The SMILES string of the molecule is Cc1cc(NC(=O)C(C)SCC(=O)NCC2CCCN2)no1. The summed E-state index contributed by atoms with van der Waals surface area (Å²) < 4.78 is 4.88. The first-order valence-electron chi connectivity index (χ1n) is 7.40. The maximum Gasteiger partial charge on any atom is 0.238 e. The highest BCUT2D eigenvalue weighted by atomic mass is 32.2. The summed E-state index contributed by atoms with van der Waals surface area (Å²) in [4.78, 5) is 23.7. The first-order valence-corrected chi connectivity index (χ1v) is 8.45. The van der Waals surface area contributed by atoms with E-state index in [0.29, 0.717) is 24.2 Å². The lowest BCUT2D eigenvalue weighted by molar-refractivity contribution is -0.118. The molecule has 1 fully saturated rings. The predicted molar refractivity (Wildman–Crippen MR) is 85.8 cm³/mol. The van der Waals surface area contributed by atoms with Gasteiger partial charge in [-0.2, -0.15) is 0 Å². The van der Waals surface area contributed by atoms with Crippen molar-refractivity contribution in [1.82, 2.24) is 15.8 Å². The Kier molecular flexibility index (Phi) is 6.26. The van der Waals surface area contributed by atoms with E-state index in [2.05, 4.69) is 21.1 Å². The van der Waals surface area contributed by atoms with Crippen LogP contribution in [0.2, 0.25) is 0 Å². The van der Waals surface area contributed by atoms with Crippen molar-refractivity contribution >= 4 is 29.4 Å². The molecule has 2 rings (SSSR count). The summed E-state index contributed by atoms with van der Waals surface area (Å²) in [5.74, 6) is 1.06. The molecule has 3 N–H and O–H groups in total. The topological polar surface area (TPSA) is 96.3 Å². The summed E-state index contributed by atoms with van der Waals surface area (Å²) in [5, 5.41) is 12.2. The predicted octanol–water partition coefficient (Wildman–Crippen LogP) is 0.911. The van der Waals surface area contributed by atoms with Crippen molar-refractivity contribution in [3.8, 4) is 0 Å². The van der Waals surface area contributed by atoms with E-state index in [9.17, 15) is 9.59 Å². The molecule has 2 atom stereocenters. The van der Waals surface area contributed by atoms with Crippen molar-refractivity contribution in [2.24, 2.45) is 0 Å². The Morgan fingerprint density at radius 2 is 2.41 bits per heavy atom. The highest BCUT2D eigenvalue weighted by Gasteiger charge is 2.18. The maximum atomic E-state index is 11.9. The van der Waals surface area contributed by atoms with Gasteiger partial charge in [-0.05, 0) is 33.2 Å². The van der Waals surface area contributed by atoms with Crippen LogP contribution in [-0.4, -0.2) is 47.1 Å². The average Bonchev–Trinajstić information content (AvgIpc) is 3.14. The van der Waals surface area contributed by atoms with Crippen LogP contribution < -0.4 is 16.0 Å². The molecule has 0 bridgehead atoms. The van der Waals surface area contributed by atoms with E-state index in [1.165, 1.54) is 11.8 Å². The summed E-state index contributed by atoms with van der Waals surface area (Å²) >= 11 is 1.30. The lowest BCUT2D eigenvalue weighted by Gasteiger charge is -2.13. The molecule has 0 aromatic carbocycles. The molecule has 0 spiro atoms. The van der Waals surface area contributed by atoms with Crippen molar-refractivity contribution in [3.05, 3.63) is 11.8 Å². The lowest BCUT2D eigenvalue weighted by atomic mass is 10.2. The molecule has 2 unspecified atom stereocenters. The van der Waals surface area contributed by atoms with Crippen LogP contribution >= 0.6 is 11.8 Å². The van der Waals surface area contributed by atoms with Gasteiger partial charge in [-0.3, -0.25) is 9.59 Å². The van der Waals surface area contributed by atoms with Crippen LogP contribution in [0.25, 0.3) is 0 Å². The number of nitrogens with zero attached hydrogens (tertiary/aromatic N) is 1. The van der Waals surface area contributed by atoms with E-state index < -0.39 is 0 Å². The summed E-state index contributed by atoms with van der Waals surface area (Å²) in [6, 6.07) is 2.03. The molecule has 22 heavy (non-hydrogen) atoms. The van der Waals surface area contributed by atoms with E-state index in [-0.39, 0.29) is 22.8 Å². The fourth-order valence-corrected chi connectivity index (χ4v) is 2.86. The zero-order chi connectivity index (χ0) is 15.9. The molecule has 122 valence electrons. The van der Waals surface area contributed by atoms with Gasteiger partial charge in [0.25, 0.3) is 0 Å². The molecule has 1 aromatic heterocycles. The molecular weight excluding hydrogens is 304 g/mol. The standard InChI is InChI=1S/C14H22N4O3S/c1-9-6-12(18-21-9)17-14(20)10(2)22-8-13(19)16-7-11-4-3-5-15-11/h6,10-11,15H,3-5,7-8H2,1-2H3,(H,16,19)(H,17,18,20). The Balaban J connectivity index is 1.64. The molecule has 0 radical (unpaired) electrons. The van der Waals surface area contributed by atoms with Crippen molar-refractivity contribution in [2.45, 2.75) is 38.0 Å². The minimum absolute atomic E-state index is 0.0457. The zero-order valence-corrected chi connectivity index (χ0v) is 13.7. The number of hydrogen-bond donors (Lipinski definition) is 3. The highest BCUT2D eigenvalue weighted by molar-refractivity contribution is 8.01. The monoisotopic (exact) mass is 326 g/mol. The van der Waals surface area contributed by atoms with Gasteiger partial charge in [0.2, 0.25) is 11.8 Å². The zero-order valence-electron chi connectivity index (χ0n) is 12.8. The Bertz CT molecular complexity index is 514. The maximum absolute atomic E-state index is 11.9. The molecule has 2 amide bonds. The summed E-state index contributed by atoms with van der Waals surface area (Å²) in [6.07, 6.45) is 2.26. The molecule has 0 aliphatic carbocycles. The fourth-order valence-electron chi connectivity index (χ4n) is 2.15. The molecule has 1 saturated heterocycles. The normalized spacial score (nSPS) is 18.9. The molecule has 2 heterocycles. The third kappa shape index (κ3) is 5.34. The second-order valence-electron chi connectivity index (χ2n) is 5.36. The van der Waals surface area contributed by atoms with E-state index in [1.54, 1.807) is 19.9 Å². The Hall–Kier alpha value is -1.54. The van der Waals surface area contributed by atoms with E-state index in [1.807, 2.05) is 0 Å². The minimum atomic E-state index is -0.340. The van der Waals surface area contributed by atoms with Gasteiger partial charge in [0, 0.05) is 18.7 Å². The number of rotatable bonds is 7. The molecule has 1 aliphatic rings. The second-order valence-corrected chi connectivity index (χ2v) is 6.69. The summed E-state index contributed by atoms with van der Waals surface area (Å²) in [5.41, 5.74) is 0. The average molecular weight is 326 g/mol. The van der Waals surface area contributed by atoms with Gasteiger partial charge < -0.3 is 20.5 Å². The van der Waals surface area contributed by atoms with Crippen molar-refractivity contribution in [2.75, 3.05) is 24.2 Å². The molecule has 1 aromatic rings. The van der Waals surface area contributed by atoms with E-state index >= 15 is 0 Å². The van der Waals surface area contributed by atoms with Gasteiger partial charge >= 0.3 is 0 Å². The Morgan fingerprint density at radius 1 is 1.59 bits per heavy atom. The number of thioether (sulfide) groups is 1. The van der Waals surface area contributed by atoms with Crippen LogP contribution in [0.1, 0.15) is 25.5 Å². The third-order valence-electron chi connectivity index (χ3n) is 3.42. The number of nitrogens with one attached hydrogen (secondary N) is 3. The fraction of sp³-hybridized carbons (Fsp3) is 0.643. The molecule has 8 heteroatoms. The summed E-state index contributed by atoms with van der Waals surface area (Å²) in [6.45, 7) is 5.19. The Morgan fingerprint density at radius 3 is 3.05 bits per heavy atom. The van der Waals surface area contributed by atoms with Crippen molar-refractivity contribution in [1.29, 1.82) is 0 Å². The quantitative estimate of drug-likeness (QED) is 0.689. The smallest absolute Gasteiger partial charge is 0.238 e. The third-order valence-corrected chi connectivity index (χ3v) is 4.56. The summed E-state index contributed by atoms with van der Waals surface area (Å²) in [7, 11) is 0. The highest BCUT2D eigenvalue weighted by Crippen LogP contribution is 2.14. The number of anilines is 1. The van der Waals surface area contributed by atoms with Gasteiger partial charge in [-0.25, -0.2) is 0 Å². The van der Waals surface area contributed by atoms with E-state index in [0.717, 1.165) is 19.4 Å². The number of amides is 2. The largest absolute Gasteiger partial charge is 0.360 e. The van der Waals surface area contributed by atoms with Gasteiger partial charge in [0.05, 0.1) is 11.0 Å². The Labute approximate surface area is 134 Å². The van der Waals surface area contributed by atoms with Crippen LogP contribution in [0.4, 0.5) is 5.82 Å². The van der Waals surface area contributed by atoms with Crippen LogP contribution in [0.5, 0.6) is 0 Å². The first kappa shape index (κ1) is 16.8. The number of carbonyl (C=O) groups excluding carboxylic acids is 2. The molecule has 7 nitrogen and oxygen atoms in total. The van der Waals surface area contributed by atoms with Gasteiger partial charge in [-0.15, -0.1) is 11.8 Å². The lowest BCUT2D eigenvalue weighted by Crippen LogP contribution is -2.38. The van der Waals surface area contributed by atoms with Crippen molar-refractivity contribution in [3.63, 3.8) is 0 Å². The number of aryl methyl sites for hydroxylation is 1. The van der Waals surface area contributed by atoms with Crippen molar-refractivity contribution < 1.29 is 14.1 Å². The number of hydrogen-bond acceptors (Lipinski definition) is 6. The second kappa shape index (κ2) is 8.19. The van der Waals surface area contributed by atoms with Crippen LogP contribution in [0.3, 0.4) is 0 Å². The molecule has 1 aliphatic heterocycles. The van der Waals surface area contributed by atoms with Gasteiger partial charge in [0.1, 0.15) is 5.76 Å². The molecular formula is C14H22N4O3S. The van der Waals surface area contributed by atoms with Crippen LogP contribution in [0, 0.1) is 6.92 Å².